The van der Waals surface area contributed by atoms with Gasteiger partial charge in [0.05, 0.1) is 10.2 Å². The van der Waals surface area contributed by atoms with Crippen LogP contribution in [0.2, 0.25) is 0 Å². The second-order valence-electron chi connectivity index (χ2n) is 4.19. The summed E-state index contributed by atoms with van der Waals surface area (Å²) in [6.45, 7) is 4.23. The maximum absolute atomic E-state index is 4.70. The Kier molecular flexibility index (Phi) is 2.41. The van der Waals surface area contributed by atoms with Gasteiger partial charge in [-0.1, -0.05) is 6.07 Å². The second-order valence-corrected chi connectivity index (χ2v) is 5.22. The average molecular weight is 240 g/mol. The van der Waals surface area contributed by atoms with Crippen LogP contribution in [0, 0.1) is 13.8 Å². The maximum atomic E-state index is 4.70. The number of thiazole rings is 1. The molecule has 0 aliphatic carbocycles. The van der Waals surface area contributed by atoms with Crippen LogP contribution in [0.5, 0.6) is 0 Å². The van der Waals surface area contributed by atoms with E-state index in [2.05, 4.69) is 31.0 Å². The summed E-state index contributed by atoms with van der Waals surface area (Å²) in [5.74, 6) is 0. The third-order valence-electron chi connectivity index (χ3n) is 2.74. The van der Waals surface area contributed by atoms with Crippen molar-refractivity contribution >= 4 is 21.6 Å². The van der Waals surface area contributed by atoms with E-state index in [-0.39, 0.29) is 0 Å². The zero-order valence-electron chi connectivity index (χ0n) is 9.77. The SMILES string of the molecule is Cc1cc(C)c2nc(-c3cccnc3)sc2c1. The summed E-state index contributed by atoms with van der Waals surface area (Å²) in [4.78, 5) is 8.84. The second kappa shape index (κ2) is 3.93. The molecule has 3 heteroatoms. The molecule has 2 nitrogen and oxygen atoms in total. The highest BCUT2D eigenvalue weighted by atomic mass is 32.1. The normalized spacial score (nSPS) is 10.9. The molecule has 0 N–H and O–H groups in total. The van der Waals surface area contributed by atoms with Gasteiger partial charge in [0.15, 0.2) is 0 Å². The predicted octanol–water partition coefficient (Wildman–Crippen LogP) is 3.98. The number of hydrogen-bond acceptors (Lipinski definition) is 3. The van der Waals surface area contributed by atoms with E-state index in [0.717, 1.165) is 16.1 Å². The molecule has 3 aromatic rings. The standard InChI is InChI=1S/C14H12N2S/c1-9-6-10(2)13-12(7-9)17-14(16-13)11-4-3-5-15-8-11/h3-8H,1-2H3. The lowest BCUT2D eigenvalue weighted by atomic mass is 10.1. The number of pyridine rings is 1. The van der Waals surface area contributed by atoms with Crippen LogP contribution in [0.15, 0.2) is 36.7 Å². The lowest BCUT2D eigenvalue weighted by Crippen LogP contribution is -1.80. The van der Waals surface area contributed by atoms with Gasteiger partial charge in [0.2, 0.25) is 0 Å². The summed E-state index contributed by atoms with van der Waals surface area (Å²) in [5.41, 5.74) is 4.73. The van der Waals surface area contributed by atoms with Crippen molar-refractivity contribution in [2.24, 2.45) is 0 Å². The van der Waals surface area contributed by atoms with Crippen molar-refractivity contribution in [2.45, 2.75) is 13.8 Å². The van der Waals surface area contributed by atoms with Crippen LogP contribution in [0.3, 0.4) is 0 Å². The van der Waals surface area contributed by atoms with Crippen LogP contribution in [0.1, 0.15) is 11.1 Å². The van der Waals surface area contributed by atoms with Crippen molar-refractivity contribution < 1.29 is 0 Å². The smallest absolute Gasteiger partial charge is 0.126 e. The number of fused-ring (bicyclic) bond motifs is 1. The van der Waals surface area contributed by atoms with Gasteiger partial charge in [-0.25, -0.2) is 4.98 Å². The predicted molar refractivity (Wildman–Crippen MR) is 72.3 cm³/mol. The minimum absolute atomic E-state index is 1.04. The first kappa shape index (κ1) is 10.4. The highest BCUT2D eigenvalue weighted by molar-refractivity contribution is 7.21. The first-order chi connectivity index (χ1) is 8.24. The molecule has 2 heterocycles. The number of benzene rings is 1. The molecule has 0 fully saturated rings. The van der Waals surface area contributed by atoms with Gasteiger partial charge >= 0.3 is 0 Å². The van der Waals surface area contributed by atoms with Crippen LogP contribution in [-0.4, -0.2) is 9.97 Å². The molecule has 0 spiro atoms. The molecular formula is C14H12N2S. The van der Waals surface area contributed by atoms with E-state index >= 15 is 0 Å². The summed E-state index contributed by atoms with van der Waals surface area (Å²) < 4.78 is 1.25. The van der Waals surface area contributed by atoms with Crippen LogP contribution >= 0.6 is 11.3 Å². The molecule has 0 saturated heterocycles. The van der Waals surface area contributed by atoms with Crippen LogP contribution < -0.4 is 0 Å². The molecule has 0 aliphatic heterocycles. The van der Waals surface area contributed by atoms with Crippen molar-refractivity contribution in [3.63, 3.8) is 0 Å². The maximum Gasteiger partial charge on any atom is 0.126 e. The van der Waals surface area contributed by atoms with Crippen LogP contribution in [-0.2, 0) is 0 Å². The molecule has 3 rings (SSSR count). The third kappa shape index (κ3) is 1.83. The molecule has 0 atom stereocenters. The topological polar surface area (TPSA) is 25.8 Å². The molecule has 0 radical (unpaired) electrons. The van der Waals surface area contributed by atoms with E-state index in [0.29, 0.717) is 0 Å². The van der Waals surface area contributed by atoms with E-state index in [1.54, 1.807) is 17.5 Å². The first-order valence-electron chi connectivity index (χ1n) is 5.52. The molecule has 17 heavy (non-hydrogen) atoms. The molecule has 2 aromatic heterocycles. The van der Waals surface area contributed by atoms with Gasteiger partial charge in [-0.2, -0.15) is 0 Å². The Morgan fingerprint density at radius 1 is 1.18 bits per heavy atom. The number of nitrogens with zero attached hydrogens (tertiary/aromatic N) is 2. The number of rotatable bonds is 1. The Balaban J connectivity index is 2.24. The van der Waals surface area contributed by atoms with Crippen molar-refractivity contribution in [1.82, 2.24) is 9.97 Å². The fraction of sp³-hybridized carbons (Fsp3) is 0.143. The number of aromatic nitrogens is 2. The van der Waals surface area contributed by atoms with E-state index in [9.17, 15) is 0 Å². The zero-order valence-corrected chi connectivity index (χ0v) is 10.6. The van der Waals surface area contributed by atoms with Gasteiger partial charge in [0, 0.05) is 18.0 Å². The molecule has 0 amide bonds. The minimum atomic E-state index is 1.04. The van der Waals surface area contributed by atoms with Gasteiger partial charge in [-0.05, 0) is 43.2 Å². The Labute approximate surface area is 104 Å². The highest BCUT2D eigenvalue weighted by Crippen LogP contribution is 2.31. The van der Waals surface area contributed by atoms with Gasteiger partial charge in [-0.15, -0.1) is 11.3 Å². The fourth-order valence-corrected chi connectivity index (χ4v) is 3.12. The Morgan fingerprint density at radius 2 is 2.06 bits per heavy atom. The lowest BCUT2D eigenvalue weighted by molar-refractivity contribution is 1.32. The van der Waals surface area contributed by atoms with Crippen LogP contribution in [0.4, 0.5) is 0 Å². The van der Waals surface area contributed by atoms with Gasteiger partial charge in [0.25, 0.3) is 0 Å². The summed E-state index contributed by atoms with van der Waals surface area (Å²) in [7, 11) is 0. The highest BCUT2D eigenvalue weighted by Gasteiger charge is 2.08. The lowest BCUT2D eigenvalue weighted by Gasteiger charge is -1.96. The van der Waals surface area contributed by atoms with E-state index in [1.807, 2.05) is 18.3 Å². The molecular weight excluding hydrogens is 228 g/mol. The molecule has 0 bridgehead atoms. The third-order valence-corrected chi connectivity index (χ3v) is 3.79. The average Bonchev–Trinajstić information content (AvgIpc) is 2.74. The summed E-state index contributed by atoms with van der Waals surface area (Å²) in [6, 6.07) is 8.36. The summed E-state index contributed by atoms with van der Waals surface area (Å²) in [6.07, 6.45) is 3.64. The quantitative estimate of drug-likeness (QED) is 0.643. The molecule has 0 unspecified atom stereocenters. The van der Waals surface area contributed by atoms with E-state index < -0.39 is 0 Å². The van der Waals surface area contributed by atoms with Gasteiger partial charge in [0.1, 0.15) is 5.01 Å². The van der Waals surface area contributed by atoms with Crippen molar-refractivity contribution in [2.75, 3.05) is 0 Å². The molecule has 84 valence electrons. The van der Waals surface area contributed by atoms with Gasteiger partial charge in [-0.3, -0.25) is 4.98 Å². The Bertz CT molecular complexity index is 671. The number of aryl methyl sites for hydroxylation is 2. The van der Waals surface area contributed by atoms with E-state index in [1.165, 1.54) is 15.8 Å². The van der Waals surface area contributed by atoms with Crippen molar-refractivity contribution in [3.8, 4) is 10.6 Å². The molecule has 0 saturated carbocycles. The largest absolute Gasteiger partial charge is 0.264 e. The Morgan fingerprint density at radius 3 is 2.82 bits per heavy atom. The summed E-state index contributed by atoms with van der Waals surface area (Å²) in [5, 5.41) is 1.04. The van der Waals surface area contributed by atoms with Crippen molar-refractivity contribution in [3.05, 3.63) is 47.8 Å². The van der Waals surface area contributed by atoms with Gasteiger partial charge < -0.3 is 0 Å². The zero-order chi connectivity index (χ0) is 11.8. The minimum Gasteiger partial charge on any atom is -0.264 e. The van der Waals surface area contributed by atoms with E-state index in [4.69, 9.17) is 4.98 Å². The Hall–Kier alpha value is -1.74. The monoisotopic (exact) mass is 240 g/mol. The fourth-order valence-electron chi connectivity index (χ4n) is 1.98. The first-order valence-corrected chi connectivity index (χ1v) is 6.34. The van der Waals surface area contributed by atoms with Crippen molar-refractivity contribution in [1.29, 1.82) is 0 Å². The molecule has 1 aromatic carbocycles. The summed E-state index contributed by atoms with van der Waals surface area (Å²) >= 11 is 1.73. The number of hydrogen-bond donors (Lipinski definition) is 0. The van der Waals surface area contributed by atoms with Crippen LogP contribution in [0.25, 0.3) is 20.8 Å². The molecule has 0 aliphatic rings.